The minimum absolute atomic E-state index is 0.244. The molecule has 2 saturated heterocycles. The van der Waals surface area contributed by atoms with Gasteiger partial charge in [-0.25, -0.2) is 8.42 Å². The fourth-order valence-corrected chi connectivity index (χ4v) is 6.74. The van der Waals surface area contributed by atoms with Crippen LogP contribution in [-0.4, -0.2) is 58.0 Å². The molecule has 2 fully saturated rings. The van der Waals surface area contributed by atoms with Crippen molar-refractivity contribution < 1.29 is 22.7 Å². The Bertz CT molecular complexity index is 1170. The Morgan fingerprint density at radius 2 is 1.51 bits per heavy atom. The van der Waals surface area contributed by atoms with Crippen molar-refractivity contribution in [3.63, 3.8) is 0 Å². The average molecular weight is 500 g/mol. The molecular formula is C26H33N3O5S. The summed E-state index contributed by atoms with van der Waals surface area (Å²) in [4.78, 5) is 15.5. The number of piperidine rings is 2. The van der Waals surface area contributed by atoms with Crippen molar-refractivity contribution in [2.75, 3.05) is 44.3 Å². The number of anilines is 1. The largest absolute Gasteiger partial charge is 0.486 e. The fraction of sp³-hybridized carbons (Fsp3) is 0.500. The van der Waals surface area contributed by atoms with Crippen LogP contribution in [-0.2, 0) is 16.6 Å². The summed E-state index contributed by atoms with van der Waals surface area (Å²) in [6, 6.07) is 10.7. The van der Waals surface area contributed by atoms with Gasteiger partial charge in [0.15, 0.2) is 11.5 Å². The molecule has 2 aromatic carbocycles. The van der Waals surface area contributed by atoms with Gasteiger partial charge in [-0.15, -0.1) is 0 Å². The lowest BCUT2D eigenvalue weighted by molar-refractivity contribution is 0.0950. The zero-order valence-corrected chi connectivity index (χ0v) is 20.8. The van der Waals surface area contributed by atoms with Gasteiger partial charge in [0.05, 0.1) is 5.69 Å². The molecule has 0 unspecified atom stereocenters. The number of nitrogens with zero attached hydrogens (tertiary/aromatic N) is 2. The number of hydrogen-bond donors (Lipinski definition) is 1. The van der Waals surface area contributed by atoms with E-state index < -0.39 is 10.0 Å². The molecule has 0 atom stereocenters. The van der Waals surface area contributed by atoms with Crippen molar-refractivity contribution in [3.05, 3.63) is 47.5 Å². The molecule has 9 heteroatoms. The lowest BCUT2D eigenvalue weighted by Gasteiger charge is -2.33. The van der Waals surface area contributed by atoms with Gasteiger partial charge in [0.2, 0.25) is 10.0 Å². The molecule has 1 amide bonds. The number of fused-ring (bicyclic) bond motifs is 1. The third kappa shape index (κ3) is 5.26. The molecule has 0 aromatic heterocycles. The maximum absolute atomic E-state index is 13.7. The molecule has 1 N–H and O–H groups in total. The normalized spacial score (nSPS) is 18.8. The molecule has 188 valence electrons. The minimum atomic E-state index is -3.69. The van der Waals surface area contributed by atoms with Crippen LogP contribution in [0.25, 0.3) is 0 Å². The molecule has 35 heavy (non-hydrogen) atoms. The molecule has 0 saturated carbocycles. The summed E-state index contributed by atoms with van der Waals surface area (Å²) < 4.78 is 40.1. The summed E-state index contributed by atoms with van der Waals surface area (Å²) >= 11 is 0. The zero-order valence-electron chi connectivity index (χ0n) is 20.0. The monoisotopic (exact) mass is 499 g/mol. The van der Waals surface area contributed by atoms with E-state index in [4.69, 9.17) is 9.47 Å². The third-order valence-corrected chi connectivity index (χ3v) is 8.84. The number of amides is 1. The number of benzene rings is 2. The van der Waals surface area contributed by atoms with Gasteiger partial charge in [-0.05, 0) is 68.0 Å². The Morgan fingerprint density at radius 1 is 0.829 bits per heavy atom. The van der Waals surface area contributed by atoms with Gasteiger partial charge in [0.1, 0.15) is 18.1 Å². The summed E-state index contributed by atoms with van der Waals surface area (Å²) in [6.07, 6.45) is 6.03. The Labute approximate surface area is 207 Å². The molecule has 0 bridgehead atoms. The zero-order chi connectivity index (χ0) is 24.3. The third-order valence-electron chi connectivity index (χ3n) is 6.91. The van der Waals surface area contributed by atoms with Crippen molar-refractivity contribution in [1.29, 1.82) is 0 Å². The molecule has 0 aliphatic carbocycles. The van der Waals surface area contributed by atoms with E-state index in [0.29, 0.717) is 55.6 Å². The number of carbonyl (C=O) groups is 1. The fourth-order valence-electron chi connectivity index (χ4n) is 4.98. The van der Waals surface area contributed by atoms with E-state index in [-0.39, 0.29) is 10.8 Å². The molecule has 3 aliphatic heterocycles. The van der Waals surface area contributed by atoms with Crippen LogP contribution in [0.2, 0.25) is 0 Å². The van der Waals surface area contributed by atoms with Gasteiger partial charge < -0.3 is 19.7 Å². The van der Waals surface area contributed by atoms with Crippen LogP contribution in [0.1, 0.15) is 54.4 Å². The molecule has 3 heterocycles. The van der Waals surface area contributed by atoms with Crippen LogP contribution in [0.3, 0.4) is 0 Å². The van der Waals surface area contributed by atoms with Gasteiger partial charge in [0, 0.05) is 38.3 Å². The van der Waals surface area contributed by atoms with Crippen molar-refractivity contribution in [3.8, 4) is 11.5 Å². The quantitative estimate of drug-likeness (QED) is 0.654. The predicted octanol–water partition coefficient (Wildman–Crippen LogP) is 3.55. The standard InChI is InChI=1S/C26H33N3O5S/c30-26(27-19-20-7-10-23-24(17-20)34-16-15-33-23)21-8-9-22(28-11-3-1-4-12-28)25(18-21)35(31,32)29-13-5-2-6-14-29/h7-10,17-18H,1-6,11-16,19H2,(H,27,30). The van der Waals surface area contributed by atoms with Crippen molar-refractivity contribution in [1.82, 2.24) is 9.62 Å². The summed E-state index contributed by atoms with van der Waals surface area (Å²) in [6.45, 7) is 4.05. The first-order valence-electron chi connectivity index (χ1n) is 12.6. The number of nitrogens with one attached hydrogen (secondary N) is 1. The van der Waals surface area contributed by atoms with E-state index in [9.17, 15) is 13.2 Å². The Balaban J connectivity index is 1.38. The van der Waals surface area contributed by atoms with E-state index in [0.717, 1.165) is 57.2 Å². The van der Waals surface area contributed by atoms with Gasteiger partial charge in [-0.3, -0.25) is 4.79 Å². The highest BCUT2D eigenvalue weighted by Gasteiger charge is 2.31. The maximum atomic E-state index is 13.7. The number of ether oxygens (including phenoxy) is 2. The Kier molecular flexibility index (Phi) is 7.15. The van der Waals surface area contributed by atoms with Crippen LogP contribution in [0.4, 0.5) is 5.69 Å². The van der Waals surface area contributed by atoms with Crippen molar-refractivity contribution in [2.45, 2.75) is 50.0 Å². The first kappa shape index (κ1) is 23.9. The van der Waals surface area contributed by atoms with Crippen molar-refractivity contribution >= 4 is 21.6 Å². The Morgan fingerprint density at radius 3 is 2.26 bits per heavy atom. The lowest BCUT2D eigenvalue weighted by Crippen LogP contribution is -2.38. The lowest BCUT2D eigenvalue weighted by atomic mass is 10.1. The summed E-state index contributed by atoms with van der Waals surface area (Å²) in [5, 5.41) is 2.92. The SMILES string of the molecule is O=C(NCc1ccc2c(c1)OCCO2)c1ccc(N2CCCCC2)c(S(=O)(=O)N2CCCCC2)c1. The second-order valence-corrected chi connectivity index (χ2v) is 11.3. The highest BCUT2D eigenvalue weighted by atomic mass is 32.2. The van der Waals surface area contributed by atoms with Gasteiger partial charge in [-0.2, -0.15) is 4.31 Å². The van der Waals surface area contributed by atoms with Gasteiger partial charge in [-0.1, -0.05) is 12.5 Å². The van der Waals surface area contributed by atoms with Crippen LogP contribution >= 0.6 is 0 Å². The number of carbonyl (C=O) groups excluding carboxylic acids is 1. The first-order chi connectivity index (χ1) is 17.0. The van der Waals surface area contributed by atoms with E-state index in [1.165, 1.54) is 0 Å². The second kappa shape index (κ2) is 10.5. The molecule has 8 nitrogen and oxygen atoms in total. The van der Waals surface area contributed by atoms with E-state index in [1.807, 2.05) is 18.2 Å². The van der Waals surface area contributed by atoms with Crippen LogP contribution in [0.5, 0.6) is 11.5 Å². The summed E-state index contributed by atoms with van der Waals surface area (Å²) in [5.74, 6) is 1.07. The molecule has 0 radical (unpaired) electrons. The highest BCUT2D eigenvalue weighted by molar-refractivity contribution is 7.89. The van der Waals surface area contributed by atoms with Gasteiger partial charge in [0.25, 0.3) is 5.91 Å². The smallest absolute Gasteiger partial charge is 0.251 e. The van der Waals surface area contributed by atoms with Crippen molar-refractivity contribution in [2.24, 2.45) is 0 Å². The topological polar surface area (TPSA) is 88.2 Å². The van der Waals surface area contributed by atoms with E-state index >= 15 is 0 Å². The second-order valence-electron chi connectivity index (χ2n) is 9.36. The number of hydrogen-bond acceptors (Lipinski definition) is 6. The summed E-state index contributed by atoms with van der Waals surface area (Å²) in [7, 11) is -3.69. The van der Waals surface area contributed by atoms with Crippen LogP contribution in [0, 0.1) is 0 Å². The number of sulfonamides is 1. The highest BCUT2D eigenvalue weighted by Crippen LogP contribution is 2.33. The number of rotatable bonds is 6. The van der Waals surface area contributed by atoms with E-state index in [1.54, 1.807) is 22.5 Å². The molecule has 5 rings (SSSR count). The molecule has 3 aliphatic rings. The molecular weight excluding hydrogens is 466 g/mol. The molecule has 0 spiro atoms. The van der Waals surface area contributed by atoms with Crippen LogP contribution in [0.15, 0.2) is 41.3 Å². The van der Waals surface area contributed by atoms with Gasteiger partial charge >= 0.3 is 0 Å². The van der Waals surface area contributed by atoms with Crippen LogP contribution < -0.4 is 19.7 Å². The summed E-state index contributed by atoms with van der Waals surface area (Å²) in [5.41, 5.74) is 1.94. The first-order valence-corrected chi connectivity index (χ1v) is 14.0. The Hall–Kier alpha value is -2.78. The maximum Gasteiger partial charge on any atom is 0.251 e. The average Bonchev–Trinajstić information content (AvgIpc) is 2.92. The minimum Gasteiger partial charge on any atom is -0.486 e. The molecule has 2 aromatic rings. The predicted molar refractivity (Wildman–Crippen MR) is 134 cm³/mol. The van der Waals surface area contributed by atoms with E-state index in [2.05, 4.69) is 10.2 Å².